The molecular formula is C22H24FN5O. The number of benzene rings is 1. The van der Waals surface area contributed by atoms with Crippen LogP contribution in [0.4, 0.5) is 4.39 Å². The third-order valence-electron chi connectivity index (χ3n) is 5.26. The SMILES string of the molecule is Cc1nc(-c2ncc(C)[nH]2)cc(C2CCCN(C(=O)Cc3ccc(F)cc3)C2)n1. The molecule has 1 aromatic carbocycles. The molecule has 0 aliphatic carbocycles. The molecule has 150 valence electrons. The molecule has 1 atom stereocenters. The lowest BCUT2D eigenvalue weighted by molar-refractivity contribution is -0.131. The number of amides is 1. The van der Waals surface area contributed by atoms with Gasteiger partial charge in [-0.25, -0.2) is 19.3 Å². The highest BCUT2D eigenvalue weighted by Gasteiger charge is 2.26. The minimum atomic E-state index is -0.291. The van der Waals surface area contributed by atoms with Crippen LogP contribution < -0.4 is 0 Å². The van der Waals surface area contributed by atoms with Gasteiger partial charge in [-0.2, -0.15) is 0 Å². The van der Waals surface area contributed by atoms with Crippen LogP contribution >= 0.6 is 0 Å². The fourth-order valence-electron chi connectivity index (χ4n) is 3.80. The second kappa shape index (κ2) is 8.11. The van der Waals surface area contributed by atoms with E-state index in [0.29, 0.717) is 12.4 Å². The summed E-state index contributed by atoms with van der Waals surface area (Å²) in [4.78, 5) is 31.4. The van der Waals surface area contributed by atoms with Gasteiger partial charge in [0.25, 0.3) is 0 Å². The Kier molecular flexibility index (Phi) is 5.38. The van der Waals surface area contributed by atoms with Crippen molar-refractivity contribution in [2.75, 3.05) is 13.1 Å². The molecule has 29 heavy (non-hydrogen) atoms. The van der Waals surface area contributed by atoms with Gasteiger partial charge in [-0.1, -0.05) is 12.1 Å². The van der Waals surface area contributed by atoms with E-state index in [2.05, 4.69) is 19.9 Å². The van der Waals surface area contributed by atoms with E-state index in [-0.39, 0.29) is 24.1 Å². The number of nitrogens with zero attached hydrogens (tertiary/aromatic N) is 4. The van der Waals surface area contributed by atoms with Crippen LogP contribution in [0.2, 0.25) is 0 Å². The van der Waals surface area contributed by atoms with E-state index in [4.69, 9.17) is 0 Å². The molecule has 0 saturated carbocycles. The zero-order valence-electron chi connectivity index (χ0n) is 16.7. The van der Waals surface area contributed by atoms with Gasteiger partial charge < -0.3 is 9.88 Å². The number of aryl methyl sites for hydroxylation is 2. The number of aromatic nitrogens is 4. The summed E-state index contributed by atoms with van der Waals surface area (Å²) in [6.07, 6.45) is 3.97. The number of halogens is 1. The van der Waals surface area contributed by atoms with Crippen molar-refractivity contribution in [2.45, 2.75) is 39.0 Å². The number of hydrogen-bond donors (Lipinski definition) is 1. The van der Waals surface area contributed by atoms with Crippen LogP contribution in [0.3, 0.4) is 0 Å². The highest BCUT2D eigenvalue weighted by Crippen LogP contribution is 2.28. The lowest BCUT2D eigenvalue weighted by atomic mass is 9.93. The molecule has 1 unspecified atom stereocenters. The molecule has 0 bridgehead atoms. The molecule has 1 fully saturated rings. The predicted molar refractivity (Wildman–Crippen MR) is 108 cm³/mol. The first-order valence-electron chi connectivity index (χ1n) is 9.88. The molecule has 6 nitrogen and oxygen atoms in total. The number of carbonyl (C=O) groups excluding carboxylic acids is 1. The van der Waals surface area contributed by atoms with Crippen LogP contribution in [-0.2, 0) is 11.2 Å². The highest BCUT2D eigenvalue weighted by atomic mass is 19.1. The summed E-state index contributed by atoms with van der Waals surface area (Å²) in [6, 6.07) is 8.09. The van der Waals surface area contributed by atoms with Gasteiger partial charge in [-0.3, -0.25) is 4.79 Å². The fourth-order valence-corrected chi connectivity index (χ4v) is 3.80. The quantitative estimate of drug-likeness (QED) is 0.735. The number of likely N-dealkylation sites (tertiary alicyclic amines) is 1. The van der Waals surface area contributed by atoms with Crippen molar-refractivity contribution in [3.05, 3.63) is 65.1 Å². The average molecular weight is 393 g/mol. The number of imidazole rings is 1. The smallest absolute Gasteiger partial charge is 0.227 e. The van der Waals surface area contributed by atoms with Gasteiger partial charge in [0.2, 0.25) is 5.91 Å². The summed E-state index contributed by atoms with van der Waals surface area (Å²) in [5.74, 6) is 1.36. The van der Waals surface area contributed by atoms with Gasteiger partial charge in [0, 0.05) is 36.6 Å². The van der Waals surface area contributed by atoms with Crippen molar-refractivity contribution >= 4 is 5.91 Å². The van der Waals surface area contributed by atoms with Crippen LogP contribution in [0, 0.1) is 19.7 Å². The van der Waals surface area contributed by atoms with Gasteiger partial charge in [0.05, 0.1) is 6.42 Å². The van der Waals surface area contributed by atoms with E-state index >= 15 is 0 Å². The molecule has 4 rings (SSSR count). The van der Waals surface area contributed by atoms with Crippen molar-refractivity contribution in [2.24, 2.45) is 0 Å². The van der Waals surface area contributed by atoms with E-state index in [9.17, 15) is 9.18 Å². The number of carbonyl (C=O) groups is 1. The number of H-pyrrole nitrogens is 1. The summed E-state index contributed by atoms with van der Waals surface area (Å²) in [5, 5.41) is 0. The lowest BCUT2D eigenvalue weighted by Gasteiger charge is -2.32. The first-order valence-corrected chi connectivity index (χ1v) is 9.88. The average Bonchev–Trinajstić information content (AvgIpc) is 3.16. The predicted octanol–water partition coefficient (Wildman–Crippen LogP) is 3.57. The number of hydrogen-bond acceptors (Lipinski definition) is 4. The molecule has 0 radical (unpaired) electrons. The van der Waals surface area contributed by atoms with E-state index < -0.39 is 0 Å². The molecule has 7 heteroatoms. The Morgan fingerprint density at radius 2 is 2.03 bits per heavy atom. The Bertz CT molecular complexity index is 1010. The molecule has 1 aliphatic heterocycles. The second-order valence-corrected chi connectivity index (χ2v) is 7.62. The molecule has 3 heterocycles. The minimum absolute atomic E-state index is 0.0639. The maximum absolute atomic E-state index is 13.1. The molecule has 0 spiro atoms. The highest BCUT2D eigenvalue weighted by molar-refractivity contribution is 5.79. The van der Waals surface area contributed by atoms with Crippen LogP contribution in [0.1, 0.15) is 41.5 Å². The molecule has 1 N–H and O–H groups in total. The Labute approximate surface area is 169 Å². The van der Waals surface area contributed by atoms with Crippen molar-refractivity contribution in [3.8, 4) is 11.5 Å². The largest absolute Gasteiger partial charge is 0.342 e. The van der Waals surface area contributed by atoms with Crippen molar-refractivity contribution in [1.82, 2.24) is 24.8 Å². The van der Waals surface area contributed by atoms with Crippen molar-refractivity contribution in [3.63, 3.8) is 0 Å². The molecule has 1 saturated heterocycles. The molecular weight excluding hydrogens is 369 g/mol. The Morgan fingerprint density at radius 1 is 1.24 bits per heavy atom. The van der Waals surface area contributed by atoms with E-state index in [0.717, 1.165) is 47.9 Å². The molecule has 2 aromatic heterocycles. The van der Waals surface area contributed by atoms with Crippen molar-refractivity contribution in [1.29, 1.82) is 0 Å². The Hall–Kier alpha value is -3.09. The zero-order valence-corrected chi connectivity index (χ0v) is 16.7. The zero-order chi connectivity index (χ0) is 20.4. The number of nitrogens with one attached hydrogen (secondary N) is 1. The van der Waals surface area contributed by atoms with Gasteiger partial charge in [0.1, 0.15) is 17.3 Å². The van der Waals surface area contributed by atoms with Gasteiger partial charge >= 0.3 is 0 Å². The lowest BCUT2D eigenvalue weighted by Crippen LogP contribution is -2.40. The maximum atomic E-state index is 13.1. The summed E-state index contributed by atoms with van der Waals surface area (Å²) >= 11 is 0. The van der Waals surface area contributed by atoms with Crippen LogP contribution in [0.15, 0.2) is 36.5 Å². The number of piperidine rings is 1. The monoisotopic (exact) mass is 393 g/mol. The van der Waals surface area contributed by atoms with E-state index in [1.54, 1.807) is 18.3 Å². The van der Waals surface area contributed by atoms with Gasteiger partial charge in [-0.15, -0.1) is 0 Å². The Morgan fingerprint density at radius 3 is 2.76 bits per heavy atom. The van der Waals surface area contributed by atoms with Gasteiger partial charge in [0.15, 0.2) is 5.82 Å². The third kappa shape index (κ3) is 4.50. The Balaban J connectivity index is 1.50. The first kappa shape index (κ1) is 19.2. The van der Waals surface area contributed by atoms with Crippen LogP contribution in [0.25, 0.3) is 11.5 Å². The normalized spacial score (nSPS) is 16.8. The van der Waals surface area contributed by atoms with Crippen LogP contribution in [0.5, 0.6) is 0 Å². The summed E-state index contributed by atoms with van der Waals surface area (Å²) in [5.41, 5.74) is 3.52. The standard InChI is InChI=1S/C22H24FN5O/c1-14-12-24-22(25-14)20-11-19(26-15(2)27-20)17-4-3-9-28(13-17)21(29)10-16-5-7-18(23)8-6-16/h5-8,11-12,17H,3-4,9-10,13H2,1-2H3,(H,24,25). The van der Waals surface area contributed by atoms with Crippen molar-refractivity contribution < 1.29 is 9.18 Å². The second-order valence-electron chi connectivity index (χ2n) is 7.62. The summed E-state index contributed by atoms with van der Waals surface area (Å²) in [7, 11) is 0. The van der Waals surface area contributed by atoms with Gasteiger partial charge in [-0.05, 0) is 50.5 Å². The summed E-state index contributed by atoms with van der Waals surface area (Å²) in [6.45, 7) is 5.21. The van der Waals surface area contributed by atoms with E-state index in [1.165, 1.54) is 12.1 Å². The maximum Gasteiger partial charge on any atom is 0.227 e. The molecule has 1 aliphatic rings. The number of rotatable bonds is 4. The minimum Gasteiger partial charge on any atom is -0.342 e. The number of aromatic amines is 1. The topological polar surface area (TPSA) is 74.8 Å². The molecule has 1 amide bonds. The van der Waals surface area contributed by atoms with E-state index in [1.807, 2.05) is 24.8 Å². The first-order chi connectivity index (χ1) is 14.0. The fraction of sp³-hybridized carbons (Fsp3) is 0.364. The third-order valence-corrected chi connectivity index (χ3v) is 5.26. The summed E-state index contributed by atoms with van der Waals surface area (Å²) < 4.78 is 13.1. The van der Waals surface area contributed by atoms with Crippen LogP contribution in [-0.4, -0.2) is 43.8 Å². The molecule has 3 aromatic rings.